The summed E-state index contributed by atoms with van der Waals surface area (Å²) in [5, 5.41) is 8.99. The number of benzene rings is 2. The second-order valence-corrected chi connectivity index (χ2v) is 9.43. The van der Waals surface area contributed by atoms with Gasteiger partial charge in [0.15, 0.2) is 16.8 Å². The first kappa shape index (κ1) is 23.3. The van der Waals surface area contributed by atoms with Crippen molar-refractivity contribution in [3.05, 3.63) is 87.9 Å². The smallest absolute Gasteiger partial charge is 0.289 e. The number of amides is 1. The van der Waals surface area contributed by atoms with Crippen molar-refractivity contribution in [3.63, 3.8) is 0 Å². The molecule has 0 atom stereocenters. The number of nitrogens with zero attached hydrogens (tertiary/aromatic N) is 4. The molecule has 2 radical (unpaired) electrons. The average molecular weight is 510 g/mol. The van der Waals surface area contributed by atoms with Gasteiger partial charge >= 0.3 is 0 Å². The molecular formula is C27H21BClN5O3. The monoisotopic (exact) mass is 509 g/mol. The van der Waals surface area contributed by atoms with Crippen molar-refractivity contribution in [1.29, 1.82) is 0 Å². The Bertz CT molecular complexity index is 1710. The predicted molar refractivity (Wildman–Crippen MR) is 144 cm³/mol. The zero-order valence-electron chi connectivity index (χ0n) is 19.7. The quantitative estimate of drug-likeness (QED) is 0.372. The molecule has 0 aliphatic carbocycles. The Morgan fingerprint density at radius 3 is 2.65 bits per heavy atom. The van der Waals surface area contributed by atoms with Crippen molar-refractivity contribution in [3.8, 4) is 11.3 Å². The first-order valence-electron chi connectivity index (χ1n) is 12.0. The van der Waals surface area contributed by atoms with E-state index in [1.54, 1.807) is 39.9 Å². The van der Waals surface area contributed by atoms with Crippen molar-refractivity contribution < 1.29 is 9.21 Å². The van der Waals surface area contributed by atoms with Crippen LogP contribution in [0.4, 0.5) is 5.82 Å². The zero-order chi connectivity index (χ0) is 25.5. The van der Waals surface area contributed by atoms with Crippen LogP contribution in [0.15, 0.2) is 76.1 Å². The number of rotatable bonds is 4. The van der Waals surface area contributed by atoms with Gasteiger partial charge < -0.3 is 14.6 Å². The number of fused-ring (bicyclic) bond motifs is 2. The maximum atomic E-state index is 13.1. The van der Waals surface area contributed by atoms with E-state index in [1.165, 1.54) is 6.07 Å². The number of aromatic nitrogens is 3. The van der Waals surface area contributed by atoms with E-state index >= 15 is 0 Å². The third kappa shape index (κ3) is 4.36. The molecule has 1 aliphatic heterocycles. The fourth-order valence-electron chi connectivity index (χ4n) is 4.69. The highest BCUT2D eigenvalue weighted by molar-refractivity contribution is 6.36. The lowest BCUT2D eigenvalue weighted by Crippen LogP contribution is -2.42. The van der Waals surface area contributed by atoms with Gasteiger partial charge in [0, 0.05) is 48.0 Å². The van der Waals surface area contributed by atoms with E-state index in [-0.39, 0.29) is 23.1 Å². The molecule has 1 N–H and O–H groups in total. The van der Waals surface area contributed by atoms with Crippen molar-refractivity contribution in [1.82, 2.24) is 19.5 Å². The maximum Gasteiger partial charge on any atom is 0.289 e. The summed E-state index contributed by atoms with van der Waals surface area (Å²) in [5.74, 6) is 0.512. The van der Waals surface area contributed by atoms with Gasteiger partial charge in [-0.2, -0.15) is 9.61 Å². The van der Waals surface area contributed by atoms with E-state index in [4.69, 9.17) is 23.9 Å². The molecule has 8 nitrogen and oxygen atoms in total. The van der Waals surface area contributed by atoms with E-state index in [1.807, 2.05) is 30.3 Å². The van der Waals surface area contributed by atoms with Crippen molar-refractivity contribution in [2.45, 2.75) is 18.9 Å². The zero-order valence-corrected chi connectivity index (χ0v) is 20.5. The van der Waals surface area contributed by atoms with E-state index in [9.17, 15) is 9.59 Å². The van der Waals surface area contributed by atoms with Crippen LogP contribution in [-0.4, -0.2) is 52.4 Å². The topological polar surface area (TPSA) is 92.7 Å². The summed E-state index contributed by atoms with van der Waals surface area (Å²) < 4.78 is 7.43. The van der Waals surface area contributed by atoms with Gasteiger partial charge in [-0.1, -0.05) is 41.9 Å². The minimum Gasteiger partial charge on any atom is -0.451 e. The van der Waals surface area contributed by atoms with Gasteiger partial charge in [-0.05, 0) is 36.5 Å². The Kier molecular flexibility index (Phi) is 5.92. The molecule has 0 saturated carbocycles. The molecule has 1 aliphatic rings. The summed E-state index contributed by atoms with van der Waals surface area (Å²) >= 11 is 6.43. The molecule has 0 unspecified atom stereocenters. The van der Waals surface area contributed by atoms with E-state index < -0.39 is 0 Å². The summed E-state index contributed by atoms with van der Waals surface area (Å²) in [5.41, 5.74) is 2.67. The van der Waals surface area contributed by atoms with Crippen LogP contribution in [0.1, 0.15) is 23.4 Å². The minimum atomic E-state index is -0.284. The van der Waals surface area contributed by atoms with Gasteiger partial charge in [0.05, 0.1) is 11.1 Å². The highest BCUT2D eigenvalue weighted by Gasteiger charge is 2.26. The molecule has 5 aromatic rings. The third-order valence-electron chi connectivity index (χ3n) is 6.63. The van der Waals surface area contributed by atoms with Gasteiger partial charge in [-0.15, -0.1) is 0 Å². The third-order valence-corrected chi connectivity index (χ3v) is 6.96. The summed E-state index contributed by atoms with van der Waals surface area (Å²) in [4.78, 5) is 31.9. The van der Waals surface area contributed by atoms with Crippen LogP contribution < -0.4 is 16.2 Å². The fourth-order valence-corrected chi connectivity index (χ4v) is 4.92. The van der Waals surface area contributed by atoms with Gasteiger partial charge in [0.25, 0.3) is 5.91 Å². The van der Waals surface area contributed by atoms with Gasteiger partial charge in [0.2, 0.25) is 0 Å². The molecule has 1 amide bonds. The lowest BCUT2D eigenvalue weighted by Gasteiger charge is -2.32. The van der Waals surface area contributed by atoms with Crippen LogP contribution in [-0.2, 0) is 0 Å². The number of likely N-dealkylation sites (tertiary alicyclic amines) is 1. The summed E-state index contributed by atoms with van der Waals surface area (Å²) in [6.45, 7) is 1.03. The normalized spacial score (nSPS) is 14.4. The SMILES string of the molecule is [B]c1cnn2c(NC3CCN(C(=O)c4cc(=O)c5ccccc5o4)CC3)cc(-c3ccccc3Cl)nc12. The Hall–Kier alpha value is -4.11. The first-order chi connectivity index (χ1) is 18.0. The highest BCUT2D eigenvalue weighted by atomic mass is 35.5. The molecule has 0 bridgehead atoms. The van der Waals surface area contributed by atoms with Crippen LogP contribution >= 0.6 is 11.6 Å². The van der Waals surface area contributed by atoms with Crippen LogP contribution in [0.3, 0.4) is 0 Å². The highest BCUT2D eigenvalue weighted by Crippen LogP contribution is 2.29. The fraction of sp³-hybridized carbons (Fsp3) is 0.185. The number of halogens is 1. The maximum absolute atomic E-state index is 13.1. The Morgan fingerprint density at radius 1 is 1.08 bits per heavy atom. The summed E-state index contributed by atoms with van der Waals surface area (Å²) in [7, 11) is 6.13. The Morgan fingerprint density at radius 2 is 1.84 bits per heavy atom. The molecule has 4 heterocycles. The first-order valence-corrected chi connectivity index (χ1v) is 12.3. The van der Waals surface area contributed by atoms with Gasteiger partial charge in [0.1, 0.15) is 19.2 Å². The van der Waals surface area contributed by atoms with Crippen LogP contribution in [0.2, 0.25) is 5.02 Å². The molecule has 182 valence electrons. The van der Waals surface area contributed by atoms with Crippen LogP contribution in [0.25, 0.3) is 27.9 Å². The molecule has 3 aromatic heterocycles. The van der Waals surface area contributed by atoms with Crippen LogP contribution in [0.5, 0.6) is 0 Å². The van der Waals surface area contributed by atoms with E-state index in [0.29, 0.717) is 58.7 Å². The van der Waals surface area contributed by atoms with Crippen molar-refractivity contribution in [2.75, 3.05) is 18.4 Å². The largest absolute Gasteiger partial charge is 0.451 e. The minimum absolute atomic E-state index is 0.0577. The van der Waals surface area contributed by atoms with E-state index in [0.717, 1.165) is 11.4 Å². The molecule has 37 heavy (non-hydrogen) atoms. The number of nitrogens with one attached hydrogen (secondary N) is 1. The molecule has 10 heteroatoms. The number of carbonyl (C=O) groups is 1. The number of piperidine rings is 1. The number of carbonyl (C=O) groups excluding carboxylic acids is 1. The van der Waals surface area contributed by atoms with Crippen molar-refractivity contribution >= 4 is 53.3 Å². The summed E-state index contributed by atoms with van der Waals surface area (Å²) in [6.07, 6.45) is 2.97. The van der Waals surface area contributed by atoms with Crippen LogP contribution in [0, 0.1) is 0 Å². The Balaban J connectivity index is 1.21. The lowest BCUT2D eigenvalue weighted by molar-refractivity contribution is 0.0686. The number of anilines is 1. The lowest BCUT2D eigenvalue weighted by atomic mass is 10.0. The predicted octanol–water partition coefficient (Wildman–Crippen LogP) is 3.67. The molecular weight excluding hydrogens is 489 g/mol. The molecule has 2 aromatic carbocycles. The molecule has 6 rings (SSSR count). The van der Waals surface area contributed by atoms with E-state index in [2.05, 4.69) is 15.4 Å². The molecule has 0 spiro atoms. The second kappa shape index (κ2) is 9.40. The van der Waals surface area contributed by atoms with Crippen molar-refractivity contribution in [2.24, 2.45) is 0 Å². The summed E-state index contributed by atoms with van der Waals surface area (Å²) in [6, 6.07) is 17.7. The molecule has 1 fully saturated rings. The second-order valence-electron chi connectivity index (χ2n) is 9.02. The van der Waals surface area contributed by atoms with Gasteiger partial charge in [-0.3, -0.25) is 9.59 Å². The standard InChI is InChI=1S/C27H21BClN5O3/c28-19-15-30-34-25(13-21(32-26(19)34)17-5-1-3-7-20(17)29)31-16-9-11-33(12-10-16)27(36)24-14-22(35)18-6-2-4-8-23(18)37-24/h1-8,13-16,31H,9-12H2. The number of hydrogen-bond acceptors (Lipinski definition) is 6. The number of hydrogen-bond donors (Lipinski definition) is 1. The number of para-hydroxylation sites is 1. The Labute approximate surface area is 218 Å². The molecule has 1 saturated heterocycles. The van der Waals surface area contributed by atoms with Gasteiger partial charge in [-0.25, -0.2) is 4.98 Å². The average Bonchev–Trinajstić information content (AvgIpc) is 3.29.